The summed E-state index contributed by atoms with van der Waals surface area (Å²) in [6, 6.07) is 11.8. The molecule has 0 aliphatic heterocycles. The summed E-state index contributed by atoms with van der Waals surface area (Å²) in [5.41, 5.74) is 4.28. The number of fused-ring (bicyclic) bond motifs is 1. The van der Waals surface area contributed by atoms with Crippen molar-refractivity contribution in [1.29, 1.82) is 0 Å². The van der Waals surface area contributed by atoms with E-state index in [-0.39, 0.29) is 21.7 Å². The number of carbonyl (C=O) groups is 2. The number of aromatic nitrogens is 2. The van der Waals surface area contributed by atoms with E-state index >= 15 is 0 Å². The van der Waals surface area contributed by atoms with Crippen LogP contribution >= 0.6 is 0 Å². The molecule has 0 aliphatic rings. The van der Waals surface area contributed by atoms with Crippen LogP contribution in [0.3, 0.4) is 0 Å². The van der Waals surface area contributed by atoms with Crippen LogP contribution in [0.25, 0.3) is 10.8 Å². The van der Waals surface area contributed by atoms with Crippen molar-refractivity contribution in [1.82, 2.24) is 20.6 Å². The first-order chi connectivity index (χ1) is 13.2. The van der Waals surface area contributed by atoms with Crippen LogP contribution in [0.15, 0.2) is 58.2 Å². The highest BCUT2D eigenvalue weighted by atomic mass is 32.2. The van der Waals surface area contributed by atoms with E-state index in [1.807, 2.05) is 0 Å². The zero-order valence-corrected chi connectivity index (χ0v) is 15.8. The second-order valence-electron chi connectivity index (χ2n) is 6.03. The number of hydrazine groups is 1. The van der Waals surface area contributed by atoms with E-state index in [9.17, 15) is 22.8 Å². The third-order valence-corrected chi connectivity index (χ3v) is 5.13. The van der Waals surface area contributed by atoms with E-state index in [0.29, 0.717) is 10.8 Å². The van der Waals surface area contributed by atoms with E-state index in [1.165, 1.54) is 31.3 Å². The fraction of sp³-hybridized carbons (Fsp3) is 0.111. The molecule has 0 bridgehead atoms. The smallest absolute Gasteiger partial charge is 0.267 e. The van der Waals surface area contributed by atoms with Gasteiger partial charge in [-0.3, -0.25) is 25.2 Å². The summed E-state index contributed by atoms with van der Waals surface area (Å²) < 4.78 is 24.0. The quantitative estimate of drug-likeness (QED) is 0.613. The van der Waals surface area contributed by atoms with Crippen molar-refractivity contribution in [3.05, 3.63) is 70.1 Å². The number of hydrogen-bond donors (Lipinski definition) is 2. The van der Waals surface area contributed by atoms with Crippen LogP contribution in [0.1, 0.15) is 20.8 Å². The Kier molecular flexibility index (Phi) is 4.97. The van der Waals surface area contributed by atoms with Gasteiger partial charge in [-0.1, -0.05) is 18.2 Å². The third kappa shape index (κ3) is 3.76. The average molecular weight is 400 g/mol. The van der Waals surface area contributed by atoms with Gasteiger partial charge in [-0.15, -0.1) is 0 Å². The van der Waals surface area contributed by atoms with Gasteiger partial charge in [0, 0.05) is 24.3 Å². The number of rotatable bonds is 3. The molecule has 2 amide bonds. The van der Waals surface area contributed by atoms with Gasteiger partial charge in [0.15, 0.2) is 15.5 Å². The van der Waals surface area contributed by atoms with Crippen LogP contribution in [-0.4, -0.2) is 36.3 Å². The molecule has 0 spiro atoms. The van der Waals surface area contributed by atoms with Crippen molar-refractivity contribution < 1.29 is 18.0 Å². The van der Waals surface area contributed by atoms with Crippen LogP contribution in [0.4, 0.5) is 0 Å². The first kappa shape index (κ1) is 19.2. The normalized spacial score (nSPS) is 11.2. The first-order valence-electron chi connectivity index (χ1n) is 8.05. The standard InChI is InChI=1S/C18H16N4O5S/c1-22-18(25)14-6-4-3-5-13(14)15(21-22)17(24)20-19-16(23)11-7-9-12(10-8-11)28(2,26)27/h3-10H,1-2H3,(H,19,23)(H,20,24). The average Bonchev–Trinajstić information content (AvgIpc) is 2.68. The van der Waals surface area contributed by atoms with Gasteiger partial charge in [-0.2, -0.15) is 5.10 Å². The Balaban J connectivity index is 1.79. The Labute approximate surface area is 159 Å². The van der Waals surface area contributed by atoms with Gasteiger partial charge in [0.1, 0.15) is 0 Å². The van der Waals surface area contributed by atoms with Crippen molar-refractivity contribution in [2.75, 3.05) is 6.26 Å². The van der Waals surface area contributed by atoms with E-state index in [2.05, 4.69) is 16.0 Å². The SMILES string of the molecule is Cn1nc(C(=O)NNC(=O)c2ccc(S(C)(=O)=O)cc2)c2ccccc2c1=O. The second-order valence-corrected chi connectivity index (χ2v) is 8.04. The Morgan fingerprint density at radius 2 is 1.50 bits per heavy atom. The van der Waals surface area contributed by atoms with Gasteiger partial charge in [-0.25, -0.2) is 13.1 Å². The molecular formula is C18H16N4O5S. The Bertz CT molecular complexity index is 1250. The molecule has 0 radical (unpaired) electrons. The second kappa shape index (κ2) is 7.24. The molecule has 0 saturated carbocycles. The Hall–Kier alpha value is -3.53. The molecule has 0 saturated heterocycles. The molecule has 9 nitrogen and oxygen atoms in total. The highest BCUT2D eigenvalue weighted by Gasteiger charge is 2.17. The number of nitrogens with one attached hydrogen (secondary N) is 2. The number of hydrogen-bond acceptors (Lipinski definition) is 6. The van der Waals surface area contributed by atoms with Crippen LogP contribution in [0.2, 0.25) is 0 Å². The highest BCUT2D eigenvalue weighted by molar-refractivity contribution is 7.90. The zero-order valence-electron chi connectivity index (χ0n) is 15.0. The lowest BCUT2D eigenvalue weighted by molar-refractivity contribution is 0.0844. The summed E-state index contributed by atoms with van der Waals surface area (Å²) in [6.07, 6.45) is 1.06. The van der Waals surface area contributed by atoms with Crippen molar-refractivity contribution in [3.8, 4) is 0 Å². The molecule has 144 valence electrons. The topological polar surface area (TPSA) is 127 Å². The number of nitrogens with zero attached hydrogens (tertiary/aromatic N) is 2. The van der Waals surface area contributed by atoms with Crippen molar-refractivity contribution >= 4 is 32.4 Å². The minimum absolute atomic E-state index is 0.0228. The minimum Gasteiger partial charge on any atom is -0.267 e. The fourth-order valence-corrected chi connectivity index (χ4v) is 3.20. The van der Waals surface area contributed by atoms with Crippen molar-refractivity contribution in [2.45, 2.75) is 4.90 Å². The maximum Gasteiger partial charge on any atom is 0.290 e. The third-order valence-electron chi connectivity index (χ3n) is 4.01. The highest BCUT2D eigenvalue weighted by Crippen LogP contribution is 2.13. The molecule has 2 aromatic carbocycles. The van der Waals surface area contributed by atoms with E-state index in [0.717, 1.165) is 10.9 Å². The summed E-state index contributed by atoms with van der Waals surface area (Å²) in [4.78, 5) is 36.8. The molecule has 3 rings (SSSR count). The molecule has 0 fully saturated rings. The molecule has 28 heavy (non-hydrogen) atoms. The zero-order chi connectivity index (χ0) is 20.5. The van der Waals surface area contributed by atoms with Gasteiger partial charge in [-0.05, 0) is 30.3 Å². The van der Waals surface area contributed by atoms with Crippen LogP contribution < -0.4 is 16.4 Å². The number of benzene rings is 2. The van der Waals surface area contributed by atoms with E-state index in [4.69, 9.17) is 0 Å². The van der Waals surface area contributed by atoms with Gasteiger partial charge in [0.2, 0.25) is 0 Å². The van der Waals surface area contributed by atoms with Crippen molar-refractivity contribution in [2.24, 2.45) is 7.05 Å². The fourth-order valence-electron chi connectivity index (χ4n) is 2.57. The number of carbonyl (C=O) groups excluding carboxylic acids is 2. The number of aryl methyl sites for hydroxylation is 1. The van der Waals surface area contributed by atoms with Crippen LogP contribution in [-0.2, 0) is 16.9 Å². The minimum atomic E-state index is -3.37. The van der Waals surface area contributed by atoms with Gasteiger partial charge in [0.25, 0.3) is 17.4 Å². The summed E-state index contributed by atoms with van der Waals surface area (Å²) in [7, 11) is -1.95. The molecule has 3 aromatic rings. The first-order valence-corrected chi connectivity index (χ1v) is 9.94. The van der Waals surface area contributed by atoms with Crippen molar-refractivity contribution in [3.63, 3.8) is 0 Å². The van der Waals surface area contributed by atoms with Crippen LogP contribution in [0, 0.1) is 0 Å². The Morgan fingerprint density at radius 3 is 2.11 bits per heavy atom. The van der Waals surface area contributed by atoms with Gasteiger partial charge >= 0.3 is 0 Å². The number of sulfone groups is 1. The lowest BCUT2D eigenvalue weighted by atomic mass is 10.1. The molecule has 1 aromatic heterocycles. The maximum atomic E-state index is 12.5. The van der Waals surface area contributed by atoms with Gasteiger partial charge in [0.05, 0.1) is 10.3 Å². The monoisotopic (exact) mass is 400 g/mol. The molecule has 1 heterocycles. The molecule has 0 aliphatic carbocycles. The van der Waals surface area contributed by atoms with Gasteiger partial charge < -0.3 is 0 Å². The summed E-state index contributed by atoms with van der Waals surface area (Å²) in [5, 5.41) is 4.65. The summed E-state index contributed by atoms with van der Waals surface area (Å²) in [6.45, 7) is 0. The predicted molar refractivity (Wildman–Crippen MR) is 101 cm³/mol. The predicted octanol–water partition coefficient (Wildman–Crippen LogP) is 0.412. The number of amides is 2. The molecule has 10 heteroatoms. The largest absolute Gasteiger partial charge is 0.290 e. The molecule has 2 N–H and O–H groups in total. The lowest BCUT2D eigenvalue weighted by Gasteiger charge is -2.10. The van der Waals surface area contributed by atoms with Crippen LogP contribution in [0.5, 0.6) is 0 Å². The molecule has 0 unspecified atom stereocenters. The molecular weight excluding hydrogens is 384 g/mol. The maximum absolute atomic E-state index is 12.5. The van der Waals surface area contributed by atoms with E-state index in [1.54, 1.807) is 24.3 Å². The van der Waals surface area contributed by atoms with E-state index < -0.39 is 21.7 Å². The summed E-state index contributed by atoms with van der Waals surface area (Å²) >= 11 is 0. The lowest BCUT2D eigenvalue weighted by Crippen LogP contribution is -2.42. The molecule has 0 atom stereocenters. The Morgan fingerprint density at radius 1 is 0.929 bits per heavy atom. The summed E-state index contributed by atoms with van der Waals surface area (Å²) in [5.74, 6) is -1.34.